The van der Waals surface area contributed by atoms with Crippen molar-refractivity contribution in [1.82, 2.24) is 20.0 Å². The summed E-state index contributed by atoms with van der Waals surface area (Å²) in [6, 6.07) is 18.4. The quantitative estimate of drug-likeness (QED) is 0.0930. The molecule has 12 heteroatoms. The van der Waals surface area contributed by atoms with Gasteiger partial charge in [-0.05, 0) is 85.0 Å². The summed E-state index contributed by atoms with van der Waals surface area (Å²) >= 11 is 0. The van der Waals surface area contributed by atoms with Gasteiger partial charge in [0, 0.05) is 23.4 Å². The van der Waals surface area contributed by atoms with Crippen LogP contribution >= 0.6 is 0 Å². The van der Waals surface area contributed by atoms with E-state index in [0.717, 1.165) is 18.4 Å². The van der Waals surface area contributed by atoms with Crippen LogP contribution < -0.4 is 20.3 Å². The Hall–Kier alpha value is -5.52. The van der Waals surface area contributed by atoms with Crippen LogP contribution in [0.1, 0.15) is 84.5 Å². The fourth-order valence-electron chi connectivity index (χ4n) is 5.44. The average molecular weight is 681 g/mol. The Morgan fingerprint density at radius 2 is 1.64 bits per heavy atom. The lowest BCUT2D eigenvalue weighted by atomic mass is 9.76. The van der Waals surface area contributed by atoms with E-state index in [0.29, 0.717) is 40.3 Å². The van der Waals surface area contributed by atoms with Gasteiger partial charge in [-0.3, -0.25) is 24.8 Å². The molecule has 5 rings (SSSR count). The number of aromatic nitrogens is 4. The van der Waals surface area contributed by atoms with E-state index in [9.17, 15) is 19.7 Å². The van der Waals surface area contributed by atoms with Crippen molar-refractivity contribution >= 4 is 28.3 Å². The molecule has 2 N–H and O–H groups in total. The second-order valence-corrected chi connectivity index (χ2v) is 13.7. The molecule has 0 aliphatic heterocycles. The molecule has 1 amide bonds. The van der Waals surface area contributed by atoms with Gasteiger partial charge in [0.25, 0.3) is 11.6 Å². The second-order valence-electron chi connectivity index (χ2n) is 13.7. The number of nitro groups is 1. The molecule has 2 heterocycles. The number of aromatic amines is 1. The summed E-state index contributed by atoms with van der Waals surface area (Å²) < 4.78 is 13.5. The maximum Gasteiger partial charge on any atom is 0.316 e. The molecule has 0 bridgehead atoms. The lowest BCUT2D eigenvalue weighted by molar-refractivity contribution is -0.384. The number of nitrogens with zero attached hydrogens (tertiary/aromatic N) is 4. The number of benzene rings is 3. The largest absolute Gasteiger partial charge is 0.480 e. The zero-order chi connectivity index (χ0) is 36.4. The number of H-pyrrole nitrogens is 1. The van der Waals surface area contributed by atoms with Gasteiger partial charge in [-0.15, -0.1) is 0 Å². The van der Waals surface area contributed by atoms with Crippen LogP contribution in [0, 0.1) is 17.0 Å². The number of nitro benzene ring substituents is 1. The molecule has 0 saturated carbocycles. The number of carbonyl (C=O) groups is 1. The van der Waals surface area contributed by atoms with Crippen LogP contribution in [0.5, 0.6) is 17.2 Å². The van der Waals surface area contributed by atoms with Gasteiger partial charge < -0.3 is 14.8 Å². The van der Waals surface area contributed by atoms with Crippen LogP contribution in [-0.2, 0) is 15.6 Å². The first kappa shape index (κ1) is 35.8. The summed E-state index contributed by atoms with van der Waals surface area (Å²) in [7, 11) is 0. The Bertz CT molecular complexity index is 2080. The van der Waals surface area contributed by atoms with E-state index >= 15 is 0 Å². The number of hydrogen-bond donors (Lipinski definition) is 2. The minimum atomic E-state index is -0.735. The molecule has 0 fully saturated rings. The van der Waals surface area contributed by atoms with Gasteiger partial charge in [-0.2, -0.15) is 14.9 Å². The Balaban J connectivity index is 1.39. The fourth-order valence-corrected chi connectivity index (χ4v) is 5.44. The average Bonchev–Trinajstić information content (AvgIpc) is 3.48. The monoisotopic (exact) mass is 680 g/mol. The van der Waals surface area contributed by atoms with Crippen molar-refractivity contribution in [3.8, 4) is 22.9 Å². The molecule has 3 aromatic carbocycles. The summed E-state index contributed by atoms with van der Waals surface area (Å²) in [4.78, 5) is 37.8. The number of hydrogen-bond acceptors (Lipinski definition) is 8. The molecular weight excluding hydrogens is 636 g/mol. The molecule has 0 saturated heterocycles. The van der Waals surface area contributed by atoms with Crippen LogP contribution in [0.3, 0.4) is 0 Å². The highest BCUT2D eigenvalue weighted by Gasteiger charge is 2.29. The predicted octanol–water partition coefficient (Wildman–Crippen LogP) is 8.29. The van der Waals surface area contributed by atoms with Crippen LogP contribution in [0.15, 0.2) is 71.5 Å². The third-order valence-corrected chi connectivity index (χ3v) is 9.57. The Labute approximate surface area is 291 Å². The zero-order valence-corrected chi connectivity index (χ0v) is 29.8. The highest BCUT2D eigenvalue weighted by atomic mass is 16.6. The zero-order valence-electron chi connectivity index (χ0n) is 29.8. The van der Waals surface area contributed by atoms with E-state index in [2.05, 4.69) is 74.3 Å². The maximum atomic E-state index is 13.7. The second kappa shape index (κ2) is 14.1. The van der Waals surface area contributed by atoms with E-state index in [4.69, 9.17) is 9.47 Å². The van der Waals surface area contributed by atoms with Gasteiger partial charge >= 0.3 is 5.56 Å². The first-order chi connectivity index (χ1) is 23.7. The number of ether oxygens (including phenoxy) is 2. The molecule has 50 heavy (non-hydrogen) atoms. The summed E-state index contributed by atoms with van der Waals surface area (Å²) in [5.74, 6) is 0.576. The molecule has 2 aromatic heterocycles. The van der Waals surface area contributed by atoms with Crippen molar-refractivity contribution in [2.75, 3.05) is 5.32 Å². The van der Waals surface area contributed by atoms with Crippen molar-refractivity contribution < 1.29 is 19.2 Å². The van der Waals surface area contributed by atoms with Crippen molar-refractivity contribution in [1.29, 1.82) is 0 Å². The summed E-state index contributed by atoms with van der Waals surface area (Å²) in [5, 5.41) is 25.5. The summed E-state index contributed by atoms with van der Waals surface area (Å²) in [6.45, 7) is 16.8. The first-order valence-electron chi connectivity index (χ1n) is 16.8. The number of nitrogens with one attached hydrogen (secondary N) is 2. The molecule has 1 atom stereocenters. The van der Waals surface area contributed by atoms with Crippen LogP contribution in [0.4, 0.5) is 11.4 Å². The molecule has 262 valence electrons. The standard InChI is InChI=1S/C38H44N6O6/c1-9-30(50-31-21-12-24(37(5,6)10-2)22-29(31)38(7,8)11-3)35(45)39-25-13-15-26(16-14-25)43-36(46)34(33-32(42-43)23(4)40-41-33)49-28-19-17-27(18-20-28)44(47)48/h12-22,30,41H,9-11H2,1-8H3,(H,39,45). The Kier molecular flexibility index (Phi) is 10.1. The fraction of sp³-hybridized carbons (Fsp3) is 0.368. The molecule has 12 nitrogen and oxygen atoms in total. The van der Waals surface area contributed by atoms with E-state index in [1.54, 1.807) is 31.2 Å². The maximum absolute atomic E-state index is 13.7. The van der Waals surface area contributed by atoms with Crippen molar-refractivity contribution in [2.45, 2.75) is 91.6 Å². The highest BCUT2D eigenvalue weighted by Crippen LogP contribution is 2.39. The Morgan fingerprint density at radius 3 is 2.24 bits per heavy atom. The minimum Gasteiger partial charge on any atom is -0.480 e. The van der Waals surface area contributed by atoms with Gasteiger partial charge in [0.05, 0.1) is 16.3 Å². The normalized spacial score (nSPS) is 12.5. The lowest BCUT2D eigenvalue weighted by Gasteiger charge is -2.31. The van der Waals surface area contributed by atoms with Gasteiger partial charge in [0.2, 0.25) is 5.75 Å². The smallest absolute Gasteiger partial charge is 0.316 e. The third-order valence-electron chi connectivity index (χ3n) is 9.57. The van der Waals surface area contributed by atoms with Crippen LogP contribution in [0.2, 0.25) is 0 Å². The SMILES string of the molecule is CCC(Oc1ccc(C(C)(C)CC)cc1C(C)(C)CC)C(=O)Nc1ccc(-n2nc3c(C)n[nH]c3c(Oc3ccc([N+](=O)[O-])cc3)c2=O)cc1. The topological polar surface area (TPSA) is 154 Å². The van der Waals surface area contributed by atoms with E-state index in [-0.39, 0.29) is 33.9 Å². The molecule has 0 aliphatic carbocycles. The predicted molar refractivity (Wildman–Crippen MR) is 194 cm³/mol. The molecule has 0 aliphatic rings. The Morgan fingerprint density at radius 1 is 0.980 bits per heavy atom. The van der Waals surface area contributed by atoms with Gasteiger partial charge in [0.1, 0.15) is 22.5 Å². The van der Waals surface area contributed by atoms with Gasteiger partial charge in [0.15, 0.2) is 6.10 Å². The molecule has 5 aromatic rings. The molecule has 0 spiro atoms. The van der Waals surface area contributed by atoms with E-state index in [1.165, 1.54) is 34.5 Å². The lowest BCUT2D eigenvalue weighted by Crippen LogP contribution is -2.33. The number of carbonyl (C=O) groups excluding carboxylic acids is 1. The molecule has 0 radical (unpaired) electrons. The van der Waals surface area contributed by atoms with Crippen LogP contribution in [0.25, 0.3) is 16.7 Å². The van der Waals surface area contributed by atoms with Gasteiger partial charge in [-0.25, -0.2) is 0 Å². The van der Waals surface area contributed by atoms with Gasteiger partial charge in [-0.1, -0.05) is 60.6 Å². The first-order valence-corrected chi connectivity index (χ1v) is 16.8. The van der Waals surface area contributed by atoms with Crippen LogP contribution in [-0.4, -0.2) is 36.9 Å². The summed E-state index contributed by atoms with van der Waals surface area (Å²) in [5.41, 5.74) is 3.69. The minimum absolute atomic E-state index is 0.0103. The summed E-state index contributed by atoms with van der Waals surface area (Å²) in [6.07, 6.45) is 1.63. The number of amides is 1. The molecule has 1 unspecified atom stereocenters. The highest BCUT2D eigenvalue weighted by molar-refractivity contribution is 5.94. The number of anilines is 1. The number of rotatable bonds is 13. The number of aryl methyl sites for hydroxylation is 1. The van der Waals surface area contributed by atoms with E-state index in [1.807, 2.05) is 13.0 Å². The van der Waals surface area contributed by atoms with E-state index < -0.39 is 16.6 Å². The number of non-ortho nitro benzene ring substituents is 1. The van der Waals surface area contributed by atoms with Crippen molar-refractivity contribution in [3.63, 3.8) is 0 Å². The van der Waals surface area contributed by atoms with Crippen molar-refractivity contribution in [3.05, 3.63) is 104 Å². The van der Waals surface area contributed by atoms with Crippen molar-refractivity contribution in [2.24, 2.45) is 0 Å². The third kappa shape index (κ3) is 7.24. The number of fused-ring (bicyclic) bond motifs is 1. The molecular formula is C38H44N6O6.